The summed E-state index contributed by atoms with van der Waals surface area (Å²) >= 11 is 0. The Morgan fingerprint density at radius 2 is 2.53 bits per heavy atom. The Morgan fingerprint density at radius 3 is 3.26 bits per heavy atom. The van der Waals surface area contributed by atoms with Crippen molar-refractivity contribution >= 4 is 5.82 Å². The molecular formula is C13H22N4O2. The van der Waals surface area contributed by atoms with E-state index in [2.05, 4.69) is 27.1 Å². The van der Waals surface area contributed by atoms with E-state index >= 15 is 0 Å². The molecule has 1 aliphatic heterocycles. The lowest BCUT2D eigenvalue weighted by Gasteiger charge is -2.34. The number of methoxy groups -OCH3 is 1. The highest BCUT2D eigenvalue weighted by Gasteiger charge is 2.23. The summed E-state index contributed by atoms with van der Waals surface area (Å²) < 4.78 is 5.13. The summed E-state index contributed by atoms with van der Waals surface area (Å²) in [5.74, 6) is 0.522. The minimum absolute atomic E-state index is 0.118. The molecule has 0 aliphatic carbocycles. The van der Waals surface area contributed by atoms with Crippen molar-refractivity contribution in [1.82, 2.24) is 15.3 Å². The van der Waals surface area contributed by atoms with Crippen molar-refractivity contribution in [2.24, 2.45) is 0 Å². The van der Waals surface area contributed by atoms with E-state index in [4.69, 9.17) is 4.74 Å². The van der Waals surface area contributed by atoms with Gasteiger partial charge in [0.25, 0.3) is 5.56 Å². The molecule has 0 aromatic carbocycles. The third-order valence-electron chi connectivity index (χ3n) is 3.35. The van der Waals surface area contributed by atoms with Gasteiger partial charge in [-0.15, -0.1) is 0 Å². The summed E-state index contributed by atoms with van der Waals surface area (Å²) in [6.07, 6.45) is 5.37. The van der Waals surface area contributed by atoms with Crippen LogP contribution in [0.5, 0.6) is 0 Å². The van der Waals surface area contributed by atoms with Crippen molar-refractivity contribution in [2.45, 2.75) is 31.8 Å². The third kappa shape index (κ3) is 3.78. The van der Waals surface area contributed by atoms with Gasteiger partial charge >= 0.3 is 0 Å². The van der Waals surface area contributed by atoms with E-state index in [0.29, 0.717) is 24.5 Å². The van der Waals surface area contributed by atoms with Gasteiger partial charge in [0.2, 0.25) is 0 Å². The maximum atomic E-state index is 11.7. The molecule has 2 rings (SSSR count). The zero-order valence-electron chi connectivity index (χ0n) is 11.6. The molecule has 2 atom stereocenters. The van der Waals surface area contributed by atoms with Gasteiger partial charge in [-0.25, -0.2) is 4.98 Å². The molecular weight excluding hydrogens is 244 g/mol. The molecule has 1 saturated heterocycles. The number of hydrogen-bond donors (Lipinski definition) is 2. The Hall–Kier alpha value is -1.40. The third-order valence-corrected chi connectivity index (χ3v) is 3.35. The quantitative estimate of drug-likeness (QED) is 0.805. The average molecular weight is 266 g/mol. The summed E-state index contributed by atoms with van der Waals surface area (Å²) in [6, 6.07) is 0.692. The van der Waals surface area contributed by atoms with Gasteiger partial charge in [-0.3, -0.25) is 4.79 Å². The van der Waals surface area contributed by atoms with Gasteiger partial charge in [-0.2, -0.15) is 0 Å². The smallest absolute Gasteiger partial charge is 0.290 e. The molecule has 0 bridgehead atoms. The zero-order valence-corrected chi connectivity index (χ0v) is 11.6. The molecule has 1 fully saturated rings. The summed E-state index contributed by atoms with van der Waals surface area (Å²) in [7, 11) is 1.71. The first kappa shape index (κ1) is 14.0. The minimum Gasteiger partial charge on any atom is -0.383 e. The van der Waals surface area contributed by atoms with Crippen LogP contribution in [0.1, 0.15) is 19.8 Å². The van der Waals surface area contributed by atoms with Crippen molar-refractivity contribution in [2.75, 3.05) is 31.7 Å². The predicted octanol–water partition coefficient (Wildman–Crippen LogP) is 0.363. The van der Waals surface area contributed by atoms with Gasteiger partial charge in [0.1, 0.15) is 0 Å². The molecule has 6 nitrogen and oxygen atoms in total. The van der Waals surface area contributed by atoms with Gasteiger partial charge in [0, 0.05) is 44.7 Å². The van der Waals surface area contributed by atoms with Crippen LogP contribution in [-0.4, -0.2) is 48.9 Å². The summed E-state index contributed by atoms with van der Waals surface area (Å²) in [5, 5.41) is 3.53. The van der Waals surface area contributed by atoms with Gasteiger partial charge in [-0.1, -0.05) is 0 Å². The highest BCUT2D eigenvalue weighted by Crippen LogP contribution is 2.14. The van der Waals surface area contributed by atoms with E-state index in [1.807, 2.05) is 0 Å². The Morgan fingerprint density at radius 1 is 1.68 bits per heavy atom. The van der Waals surface area contributed by atoms with Crippen LogP contribution in [0.15, 0.2) is 17.2 Å². The fraction of sp³-hybridized carbons (Fsp3) is 0.692. The number of rotatable bonds is 5. The number of anilines is 1. The standard InChI is InChI=1S/C13H22N4O2/c1-10(9-19-2)16-11-4-3-7-17(8-11)12-13(18)15-6-5-14-12/h5-6,10-11,16H,3-4,7-9H2,1-2H3,(H,15,18)/t10-,11-/m1/s1. The van der Waals surface area contributed by atoms with E-state index in [1.165, 1.54) is 0 Å². The van der Waals surface area contributed by atoms with Crippen LogP contribution in [0.2, 0.25) is 0 Å². The maximum absolute atomic E-state index is 11.7. The number of H-pyrrole nitrogens is 1. The van der Waals surface area contributed by atoms with E-state index in [-0.39, 0.29) is 5.56 Å². The molecule has 0 radical (unpaired) electrons. The summed E-state index contributed by atoms with van der Waals surface area (Å²) in [6.45, 7) is 4.50. The first-order valence-corrected chi connectivity index (χ1v) is 6.74. The van der Waals surface area contributed by atoms with Crippen molar-refractivity contribution in [3.63, 3.8) is 0 Å². The second-order valence-electron chi connectivity index (χ2n) is 5.05. The fourth-order valence-electron chi connectivity index (χ4n) is 2.58. The molecule has 0 unspecified atom stereocenters. The average Bonchev–Trinajstić information content (AvgIpc) is 2.40. The van der Waals surface area contributed by atoms with Gasteiger partial charge in [-0.05, 0) is 19.8 Å². The molecule has 6 heteroatoms. The Balaban J connectivity index is 1.97. The zero-order chi connectivity index (χ0) is 13.7. The molecule has 2 heterocycles. The van der Waals surface area contributed by atoms with Crippen LogP contribution < -0.4 is 15.8 Å². The molecule has 106 valence electrons. The maximum Gasteiger partial charge on any atom is 0.290 e. The lowest BCUT2D eigenvalue weighted by Crippen LogP contribution is -2.50. The normalized spacial score (nSPS) is 21.4. The monoisotopic (exact) mass is 266 g/mol. The Bertz CT molecular complexity index is 448. The second-order valence-corrected chi connectivity index (χ2v) is 5.05. The Kier molecular flexibility index (Phi) is 4.93. The number of hydrogen-bond acceptors (Lipinski definition) is 5. The highest BCUT2D eigenvalue weighted by molar-refractivity contribution is 5.36. The van der Waals surface area contributed by atoms with E-state index in [0.717, 1.165) is 25.9 Å². The van der Waals surface area contributed by atoms with Crippen LogP contribution in [0.3, 0.4) is 0 Å². The molecule has 0 saturated carbocycles. The molecule has 1 aromatic rings. The lowest BCUT2D eigenvalue weighted by molar-refractivity contribution is 0.164. The van der Waals surface area contributed by atoms with Crippen LogP contribution >= 0.6 is 0 Å². The van der Waals surface area contributed by atoms with Crippen LogP contribution in [-0.2, 0) is 4.74 Å². The minimum atomic E-state index is -0.118. The number of aromatic nitrogens is 2. The molecule has 1 aliphatic rings. The van der Waals surface area contributed by atoms with E-state index in [9.17, 15) is 4.79 Å². The molecule has 0 spiro atoms. The number of nitrogens with zero attached hydrogens (tertiary/aromatic N) is 2. The highest BCUT2D eigenvalue weighted by atomic mass is 16.5. The number of nitrogens with one attached hydrogen (secondary N) is 2. The largest absolute Gasteiger partial charge is 0.383 e. The second kappa shape index (κ2) is 6.68. The van der Waals surface area contributed by atoms with Crippen molar-refractivity contribution in [3.05, 3.63) is 22.7 Å². The van der Waals surface area contributed by atoms with Crippen LogP contribution in [0.4, 0.5) is 5.82 Å². The number of ether oxygens (including phenoxy) is 1. The molecule has 0 amide bonds. The first-order chi connectivity index (χ1) is 9.20. The lowest BCUT2D eigenvalue weighted by atomic mass is 10.0. The van der Waals surface area contributed by atoms with Gasteiger partial charge in [0.05, 0.1) is 6.61 Å². The topological polar surface area (TPSA) is 70.2 Å². The molecule has 1 aromatic heterocycles. The van der Waals surface area contributed by atoms with Gasteiger partial charge in [0.15, 0.2) is 5.82 Å². The van der Waals surface area contributed by atoms with E-state index in [1.54, 1.807) is 19.5 Å². The van der Waals surface area contributed by atoms with E-state index < -0.39 is 0 Å². The van der Waals surface area contributed by atoms with Crippen molar-refractivity contribution in [3.8, 4) is 0 Å². The number of aromatic amines is 1. The Labute approximate surface area is 113 Å². The number of piperidine rings is 1. The molecule has 19 heavy (non-hydrogen) atoms. The fourth-order valence-corrected chi connectivity index (χ4v) is 2.58. The summed E-state index contributed by atoms with van der Waals surface area (Å²) in [4.78, 5) is 20.7. The van der Waals surface area contributed by atoms with Crippen LogP contribution in [0.25, 0.3) is 0 Å². The summed E-state index contributed by atoms with van der Waals surface area (Å²) in [5.41, 5.74) is -0.118. The first-order valence-electron chi connectivity index (χ1n) is 6.74. The predicted molar refractivity (Wildman–Crippen MR) is 74.6 cm³/mol. The SMILES string of the molecule is COC[C@@H](C)N[C@@H]1CCCN(c2ncc[nH]c2=O)C1. The van der Waals surface area contributed by atoms with Crippen molar-refractivity contribution < 1.29 is 4.74 Å². The molecule has 2 N–H and O–H groups in total. The van der Waals surface area contributed by atoms with Crippen molar-refractivity contribution in [1.29, 1.82) is 0 Å². The van der Waals surface area contributed by atoms with Crippen LogP contribution in [0, 0.1) is 0 Å². The van der Waals surface area contributed by atoms with Gasteiger partial charge < -0.3 is 19.9 Å².